The van der Waals surface area contributed by atoms with Gasteiger partial charge >= 0.3 is 0 Å². The number of benzene rings is 1. The highest BCUT2D eigenvalue weighted by Crippen LogP contribution is 2.35. The number of ether oxygens (including phenoxy) is 1. The topological polar surface area (TPSA) is 26.2 Å². The molecule has 1 aliphatic rings. The molecule has 3 rings (SSSR count). The number of nitrogens with zero attached hydrogens (tertiary/aromatic N) is 1. The minimum absolute atomic E-state index is 0.601. The van der Waals surface area contributed by atoms with Gasteiger partial charge in [0.2, 0.25) is 0 Å². The predicted molar refractivity (Wildman–Crippen MR) is 79.1 cm³/mol. The standard InChI is InChI=1S/C16H22N2O/c1-10-7-12(19-4)9-14-13-8-11(17-2)5-6-15(13)18(3)16(10)14/h7,9,11,17H,5-6,8H2,1-4H3. The maximum atomic E-state index is 5.43. The van der Waals surface area contributed by atoms with Gasteiger partial charge in [-0.25, -0.2) is 0 Å². The van der Waals surface area contributed by atoms with Crippen LogP contribution in [-0.2, 0) is 19.9 Å². The Bertz CT molecular complexity index is 627. The van der Waals surface area contributed by atoms with Crippen LogP contribution in [0.2, 0.25) is 0 Å². The van der Waals surface area contributed by atoms with Gasteiger partial charge in [-0.1, -0.05) is 0 Å². The maximum Gasteiger partial charge on any atom is 0.119 e. The second-order valence-electron chi connectivity index (χ2n) is 5.55. The Hall–Kier alpha value is -1.48. The van der Waals surface area contributed by atoms with Crippen molar-refractivity contribution in [2.24, 2.45) is 7.05 Å². The van der Waals surface area contributed by atoms with Crippen LogP contribution in [0, 0.1) is 6.92 Å². The van der Waals surface area contributed by atoms with Gasteiger partial charge in [-0.3, -0.25) is 0 Å². The quantitative estimate of drug-likeness (QED) is 0.896. The van der Waals surface area contributed by atoms with Gasteiger partial charge in [-0.2, -0.15) is 0 Å². The monoisotopic (exact) mass is 258 g/mol. The van der Waals surface area contributed by atoms with Gasteiger partial charge in [0, 0.05) is 24.2 Å². The minimum atomic E-state index is 0.601. The van der Waals surface area contributed by atoms with Gasteiger partial charge in [0.05, 0.1) is 12.6 Å². The fourth-order valence-corrected chi connectivity index (χ4v) is 3.48. The molecule has 0 spiro atoms. The van der Waals surface area contributed by atoms with Gasteiger partial charge in [-0.05, 0) is 56.5 Å². The Morgan fingerprint density at radius 3 is 2.84 bits per heavy atom. The van der Waals surface area contributed by atoms with Crippen LogP contribution in [0.25, 0.3) is 10.9 Å². The number of hydrogen-bond acceptors (Lipinski definition) is 2. The van der Waals surface area contributed by atoms with Gasteiger partial charge in [0.25, 0.3) is 0 Å². The zero-order chi connectivity index (χ0) is 13.6. The molecule has 1 aliphatic carbocycles. The number of rotatable bonds is 2. The van der Waals surface area contributed by atoms with Crippen molar-refractivity contribution in [3.63, 3.8) is 0 Å². The Balaban J connectivity index is 2.26. The molecule has 2 aromatic rings. The van der Waals surface area contributed by atoms with Gasteiger partial charge in [0.15, 0.2) is 0 Å². The maximum absolute atomic E-state index is 5.43. The van der Waals surface area contributed by atoms with E-state index in [1.807, 2.05) is 0 Å². The lowest BCUT2D eigenvalue weighted by Gasteiger charge is -2.22. The molecule has 1 N–H and O–H groups in total. The van der Waals surface area contributed by atoms with Crippen molar-refractivity contribution in [1.29, 1.82) is 0 Å². The fraction of sp³-hybridized carbons (Fsp3) is 0.500. The van der Waals surface area contributed by atoms with Crippen LogP contribution in [0.4, 0.5) is 0 Å². The Morgan fingerprint density at radius 1 is 1.37 bits per heavy atom. The van der Waals surface area contributed by atoms with E-state index in [1.54, 1.807) is 7.11 Å². The second kappa shape index (κ2) is 4.57. The Labute approximate surface area is 114 Å². The third-order valence-corrected chi connectivity index (χ3v) is 4.51. The highest BCUT2D eigenvalue weighted by molar-refractivity contribution is 5.89. The molecule has 0 fully saturated rings. The summed E-state index contributed by atoms with van der Waals surface area (Å²) in [6.45, 7) is 2.17. The van der Waals surface area contributed by atoms with E-state index < -0.39 is 0 Å². The van der Waals surface area contributed by atoms with Crippen LogP contribution in [0.3, 0.4) is 0 Å². The molecule has 1 aromatic carbocycles. The van der Waals surface area contributed by atoms with Crippen molar-refractivity contribution in [2.75, 3.05) is 14.2 Å². The molecule has 19 heavy (non-hydrogen) atoms. The Kier molecular flexibility index (Phi) is 3.02. The van der Waals surface area contributed by atoms with Crippen LogP contribution in [0.5, 0.6) is 5.75 Å². The van der Waals surface area contributed by atoms with E-state index in [0.717, 1.165) is 18.6 Å². The average Bonchev–Trinajstić information content (AvgIpc) is 2.72. The SMILES string of the molecule is CNC1CCc2c(c3cc(OC)cc(C)c3n2C)C1. The lowest BCUT2D eigenvalue weighted by molar-refractivity contribution is 0.415. The van der Waals surface area contributed by atoms with Crippen molar-refractivity contribution in [1.82, 2.24) is 9.88 Å². The van der Waals surface area contributed by atoms with E-state index in [0.29, 0.717) is 6.04 Å². The van der Waals surface area contributed by atoms with E-state index in [1.165, 1.54) is 34.1 Å². The highest BCUT2D eigenvalue weighted by Gasteiger charge is 2.24. The molecule has 0 saturated heterocycles. The van der Waals surface area contributed by atoms with Crippen LogP contribution >= 0.6 is 0 Å². The summed E-state index contributed by atoms with van der Waals surface area (Å²) in [5.74, 6) is 0.963. The molecule has 0 amide bonds. The summed E-state index contributed by atoms with van der Waals surface area (Å²) in [4.78, 5) is 0. The molecule has 102 valence electrons. The van der Waals surface area contributed by atoms with E-state index >= 15 is 0 Å². The number of hydrogen-bond donors (Lipinski definition) is 1. The van der Waals surface area contributed by atoms with E-state index in [9.17, 15) is 0 Å². The van der Waals surface area contributed by atoms with Crippen LogP contribution < -0.4 is 10.1 Å². The summed E-state index contributed by atoms with van der Waals surface area (Å²) in [5, 5.41) is 4.79. The second-order valence-corrected chi connectivity index (χ2v) is 5.55. The molecule has 1 aromatic heterocycles. The zero-order valence-corrected chi connectivity index (χ0v) is 12.2. The highest BCUT2D eigenvalue weighted by atomic mass is 16.5. The molecular formula is C16H22N2O. The van der Waals surface area contributed by atoms with E-state index in [-0.39, 0.29) is 0 Å². The summed E-state index contributed by atoms with van der Waals surface area (Å²) < 4.78 is 7.81. The molecule has 1 atom stereocenters. The molecular weight excluding hydrogens is 236 g/mol. The van der Waals surface area contributed by atoms with Gasteiger partial charge < -0.3 is 14.6 Å². The van der Waals surface area contributed by atoms with Crippen LogP contribution in [0.15, 0.2) is 12.1 Å². The summed E-state index contributed by atoms with van der Waals surface area (Å²) in [6.07, 6.45) is 3.51. The zero-order valence-electron chi connectivity index (χ0n) is 12.2. The first-order valence-corrected chi connectivity index (χ1v) is 6.97. The molecule has 0 bridgehead atoms. The number of aromatic nitrogens is 1. The summed E-state index contributed by atoms with van der Waals surface area (Å²) >= 11 is 0. The lowest BCUT2D eigenvalue weighted by Crippen LogP contribution is -2.31. The fourth-order valence-electron chi connectivity index (χ4n) is 3.48. The van der Waals surface area contributed by atoms with E-state index in [2.05, 4.69) is 43.0 Å². The number of methoxy groups -OCH3 is 1. The van der Waals surface area contributed by atoms with Crippen molar-refractivity contribution in [2.45, 2.75) is 32.2 Å². The largest absolute Gasteiger partial charge is 0.497 e. The van der Waals surface area contributed by atoms with Gasteiger partial charge in [0.1, 0.15) is 5.75 Å². The van der Waals surface area contributed by atoms with Crippen LogP contribution in [-0.4, -0.2) is 24.8 Å². The number of nitrogens with one attached hydrogen (secondary N) is 1. The molecule has 3 nitrogen and oxygen atoms in total. The third kappa shape index (κ3) is 1.84. The molecule has 1 unspecified atom stereocenters. The normalized spacial score (nSPS) is 18.6. The first-order valence-electron chi connectivity index (χ1n) is 6.97. The summed E-state index contributed by atoms with van der Waals surface area (Å²) in [5.41, 5.74) is 5.66. The molecule has 0 saturated carbocycles. The first kappa shape index (κ1) is 12.5. The molecule has 1 heterocycles. The summed E-state index contributed by atoms with van der Waals surface area (Å²) in [7, 11) is 6.00. The van der Waals surface area contributed by atoms with Crippen LogP contribution in [0.1, 0.15) is 23.2 Å². The van der Waals surface area contributed by atoms with E-state index in [4.69, 9.17) is 4.74 Å². The summed E-state index contributed by atoms with van der Waals surface area (Å²) in [6, 6.07) is 4.92. The van der Waals surface area contributed by atoms with Gasteiger partial charge in [-0.15, -0.1) is 0 Å². The lowest BCUT2D eigenvalue weighted by atomic mass is 9.91. The minimum Gasteiger partial charge on any atom is -0.497 e. The van der Waals surface area contributed by atoms with Crippen molar-refractivity contribution < 1.29 is 4.74 Å². The molecule has 0 radical (unpaired) electrons. The average molecular weight is 258 g/mol. The smallest absolute Gasteiger partial charge is 0.119 e. The molecule has 0 aliphatic heterocycles. The number of likely N-dealkylation sites (N-methyl/N-ethyl adjacent to an activating group) is 1. The third-order valence-electron chi connectivity index (χ3n) is 4.51. The molecule has 3 heteroatoms. The predicted octanol–water partition coefficient (Wildman–Crippen LogP) is 2.57. The first-order chi connectivity index (χ1) is 9.15. The van der Waals surface area contributed by atoms with Crippen molar-refractivity contribution in [3.8, 4) is 5.75 Å². The number of fused-ring (bicyclic) bond motifs is 3. The van der Waals surface area contributed by atoms with Crippen molar-refractivity contribution in [3.05, 3.63) is 29.0 Å². The number of aryl methyl sites for hydroxylation is 2. The Morgan fingerprint density at radius 2 is 2.16 bits per heavy atom. The van der Waals surface area contributed by atoms with Crippen molar-refractivity contribution >= 4 is 10.9 Å².